The Hall–Kier alpha value is -1.61. The van der Waals surface area contributed by atoms with Gasteiger partial charge >= 0.3 is 12.1 Å². The Morgan fingerprint density at radius 3 is 2.73 bits per heavy atom. The lowest BCUT2D eigenvalue weighted by Gasteiger charge is -2.25. The highest BCUT2D eigenvalue weighted by Crippen LogP contribution is 2.29. The van der Waals surface area contributed by atoms with Gasteiger partial charge in [0.25, 0.3) is 0 Å². The number of hydrogen-bond acceptors (Lipinski definition) is 4. The van der Waals surface area contributed by atoms with Crippen molar-refractivity contribution in [2.24, 2.45) is 5.92 Å². The zero-order valence-corrected chi connectivity index (χ0v) is 11.8. The van der Waals surface area contributed by atoms with E-state index in [2.05, 4.69) is 21.2 Å². The largest absolute Gasteiger partial charge is 0.490 e. The summed E-state index contributed by atoms with van der Waals surface area (Å²) in [5.74, 6) is -1.91. The topological polar surface area (TPSA) is 76.4 Å². The van der Waals surface area contributed by atoms with Crippen molar-refractivity contribution in [1.29, 1.82) is 0 Å². The fourth-order valence-corrected chi connectivity index (χ4v) is 2.05. The van der Waals surface area contributed by atoms with Crippen LogP contribution in [-0.4, -0.2) is 46.8 Å². The van der Waals surface area contributed by atoms with E-state index in [-0.39, 0.29) is 0 Å². The molecule has 1 aliphatic carbocycles. The van der Waals surface area contributed by atoms with E-state index < -0.39 is 12.1 Å². The molecule has 0 radical (unpaired) electrons. The first kappa shape index (κ1) is 16.8. The third-order valence-corrected chi connectivity index (χ3v) is 3.39. The maximum Gasteiger partial charge on any atom is 0.490 e. The molecular weight excluding hydrogens is 303 g/mol. The number of carbonyl (C=O) groups is 1. The highest BCUT2D eigenvalue weighted by atomic mass is 19.4. The second kappa shape index (κ2) is 7.10. The molecule has 1 aliphatic heterocycles. The van der Waals surface area contributed by atoms with Gasteiger partial charge in [0, 0.05) is 25.9 Å². The Morgan fingerprint density at radius 1 is 1.45 bits per heavy atom. The average Bonchev–Trinajstić information content (AvgIpc) is 3.13. The van der Waals surface area contributed by atoms with Gasteiger partial charge in [0.2, 0.25) is 0 Å². The van der Waals surface area contributed by atoms with E-state index in [1.165, 1.54) is 18.5 Å². The number of hydrogen-bond donors (Lipinski definition) is 2. The Labute approximate surface area is 125 Å². The monoisotopic (exact) mass is 321 g/mol. The van der Waals surface area contributed by atoms with Crippen LogP contribution < -0.4 is 5.32 Å². The van der Waals surface area contributed by atoms with Gasteiger partial charge in [-0.3, -0.25) is 4.68 Å². The minimum atomic E-state index is -5.08. The van der Waals surface area contributed by atoms with E-state index in [1.807, 2.05) is 6.20 Å². The molecule has 3 rings (SSSR count). The summed E-state index contributed by atoms with van der Waals surface area (Å²) < 4.78 is 39.6. The maximum atomic E-state index is 10.6. The van der Waals surface area contributed by atoms with Crippen molar-refractivity contribution in [2.45, 2.75) is 31.6 Å². The summed E-state index contributed by atoms with van der Waals surface area (Å²) in [7, 11) is 0. The molecule has 0 amide bonds. The van der Waals surface area contributed by atoms with Gasteiger partial charge in [-0.05, 0) is 24.8 Å². The van der Waals surface area contributed by atoms with E-state index in [4.69, 9.17) is 14.6 Å². The lowest BCUT2D eigenvalue weighted by Crippen LogP contribution is -2.36. The van der Waals surface area contributed by atoms with E-state index >= 15 is 0 Å². The molecule has 1 fully saturated rings. The fourth-order valence-electron chi connectivity index (χ4n) is 2.05. The van der Waals surface area contributed by atoms with Crippen LogP contribution in [0.25, 0.3) is 0 Å². The van der Waals surface area contributed by atoms with Crippen LogP contribution in [0.2, 0.25) is 0 Å². The third kappa shape index (κ3) is 4.99. The predicted octanol–water partition coefficient (Wildman–Crippen LogP) is 1.59. The van der Waals surface area contributed by atoms with Gasteiger partial charge < -0.3 is 15.2 Å². The number of carboxylic acids is 1. The van der Waals surface area contributed by atoms with Crippen LogP contribution in [0.1, 0.15) is 24.6 Å². The van der Waals surface area contributed by atoms with Crippen LogP contribution in [0.15, 0.2) is 12.3 Å². The van der Waals surface area contributed by atoms with Gasteiger partial charge in [-0.1, -0.05) is 0 Å². The molecule has 2 heterocycles. The first-order valence-corrected chi connectivity index (χ1v) is 6.99. The predicted molar refractivity (Wildman–Crippen MR) is 70.2 cm³/mol. The number of fused-ring (bicyclic) bond motifs is 1. The summed E-state index contributed by atoms with van der Waals surface area (Å²) in [6.45, 7) is 3.63. The molecule has 124 valence electrons. The summed E-state index contributed by atoms with van der Waals surface area (Å²) in [5.41, 5.74) is 1.27. The van der Waals surface area contributed by atoms with Gasteiger partial charge in [-0.2, -0.15) is 18.3 Å². The number of halogens is 3. The van der Waals surface area contributed by atoms with E-state index in [1.54, 1.807) is 0 Å². The van der Waals surface area contributed by atoms with Crippen molar-refractivity contribution in [1.82, 2.24) is 15.1 Å². The lowest BCUT2D eigenvalue weighted by atomic mass is 10.2. The first-order chi connectivity index (χ1) is 10.4. The average molecular weight is 321 g/mol. The second-order valence-electron chi connectivity index (χ2n) is 5.34. The van der Waals surface area contributed by atoms with Crippen molar-refractivity contribution in [3.63, 3.8) is 0 Å². The summed E-state index contributed by atoms with van der Waals surface area (Å²) in [6.07, 6.45) is -0.498. The molecule has 1 aromatic rings. The minimum absolute atomic E-state index is 0.377. The number of rotatable bonds is 4. The van der Waals surface area contributed by atoms with Gasteiger partial charge in [-0.25, -0.2) is 4.79 Å². The molecule has 1 atom stereocenters. The number of ether oxygens (including phenoxy) is 1. The molecule has 22 heavy (non-hydrogen) atoms. The van der Waals surface area contributed by atoms with Crippen molar-refractivity contribution in [3.05, 3.63) is 18.0 Å². The number of nitrogens with one attached hydrogen (secondary N) is 1. The summed E-state index contributed by atoms with van der Waals surface area (Å²) >= 11 is 0. The van der Waals surface area contributed by atoms with Crippen LogP contribution in [0.4, 0.5) is 13.2 Å². The summed E-state index contributed by atoms with van der Waals surface area (Å²) in [4.78, 5) is 8.90. The van der Waals surface area contributed by atoms with Gasteiger partial charge in [0.1, 0.15) is 0 Å². The Kier molecular flexibility index (Phi) is 5.41. The smallest absolute Gasteiger partial charge is 0.475 e. The number of aliphatic carboxylic acids is 1. The zero-order chi connectivity index (χ0) is 16.2. The van der Waals surface area contributed by atoms with Gasteiger partial charge in [0.05, 0.1) is 18.3 Å². The van der Waals surface area contributed by atoms with Crippen molar-refractivity contribution >= 4 is 5.97 Å². The second-order valence-corrected chi connectivity index (χ2v) is 5.34. The molecule has 9 heteroatoms. The van der Waals surface area contributed by atoms with Crippen LogP contribution in [0.5, 0.6) is 0 Å². The van der Waals surface area contributed by atoms with Crippen LogP contribution >= 0.6 is 0 Å². The van der Waals surface area contributed by atoms with Gasteiger partial charge in [-0.15, -0.1) is 0 Å². The molecule has 2 N–H and O–H groups in total. The summed E-state index contributed by atoms with van der Waals surface area (Å²) in [5, 5.41) is 14.9. The Morgan fingerprint density at radius 2 is 2.14 bits per heavy atom. The molecule has 0 spiro atoms. The molecule has 1 aromatic heterocycles. The van der Waals surface area contributed by atoms with E-state index in [0.29, 0.717) is 6.04 Å². The van der Waals surface area contributed by atoms with Crippen molar-refractivity contribution in [3.8, 4) is 0 Å². The number of carboxylic acid groups (broad SMARTS) is 1. The Bertz CT molecular complexity index is 500. The lowest BCUT2D eigenvalue weighted by molar-refractivity contribution is -0.192. The quantitative estimate of drug-likeness (QED) is 0.881. The number of aromatic nitrogens is 2. The molecule has 0 bridgehead atoms. The molecule has 0 saturated heterocycles. The van der Waals surface area contributed by atoms with E-state index in [0.717, 1.165) is 32.2 Å². The van der Waals surface area contributed by atoms with Crippen LogP contribution in [0, 0.1) is 5.92 Å². The summed E-state index contributed by atoms with van der Waals surface area (Å²) in [6, 6.07) is 2.45. The van der Waals surface area contributed by atoms with Gasteiger partial charge in [0.15, 0.2) is 0 Å². The highest BCUT2D eigenvalue weighted by Gasteiger charge is 2.38. The minimum Gasteiger partial charge on any atom is -0.475 e. The maximum absolute atomic E-state index is 10.6. The molecule has 1 saturated carbocycles. The molecule has 2 aliphatic rings. The van der Waals surface area contributed by atoms with Crippen molar-refractivity contribution in [2.75, 3.05) is 19.8 Å². The molecular formula is C13H18F3N3O3. The molecule has 1 unspecified atom stereocenters. The molecule has 6 nitrogen and oxygen atoms in total. The Balaban J connectivity index is 0.000000217. The van der Waals surface area contributed by atoms with Crippen LogP contribution in [0.3, 0.4) is 0 Å². The molecule has 0 aromatic carbocycles. The normalized spacial score (nSPS) is 20.8. The van der Waals surface area contributed by atoms with Crippen molar-refractivity contribution < 1.29 is 27.8 Å². The SMILES string of the molecule is O=C(O)C(F)(F)F.c1cc2n(n1)C(COCC1CC1)CNC2. The standard InChI is InChI=1S/C11H17N3O.C2HF3O2/c1-2-9(1)7-15-8-11-6-12-5-10-3-4-13-14(10)11;3-2(4,5)1(6)7/h3-4,9,11-12H,1-2,5-8H2;(H,6,7). The zero-order valence-electron chi connectivity index (χ0n) is 11.8. The van der Waals surface area contributed by atoms with E-state index in [9.17, 15) is 13.2 Å². The first-order valence-electron chi connectivity index (χ1n) is 6.99. The highest BCUT2D eigenvalue weighted by molar-refractivity contribution is 5.73. The number of alkyl halides is 3. The number of nitrogens with zero attached hydrogens (tertiary/aromatic N) is 2. The third-order valence-electron chi connectivity index (χ3n) is 3.39. The van der Waals surface area contributed by atoms with Crippen LogP contribution in [-0.2, 0) is 16.1 Å². The fraction of sp³-hybridized carbons (Fsp3) is 0.692.